The van der Waals surface area contributed by atoms with Gasteiger partial charge in [0.1, 0.15) is 16.9 Å². The van der Waals surface area contributed by atoms with Crippen LogP contribution in [-0.4, -0.2) is 28.1 Å². The summed E-state index contributed by atoms with van der Waals surface area (Å²) in [6.07, 6.45) is 0.280. The minimum absolute atomic E-state index is 0.273. The lowest BCUT2D eigenvalue weighted by atomic mass is 10.0. The van der Waals surface area contributed by atoms with E-state index in [0.717, 1.165) is 16.9 Å². The molecule has 0 aliphatic rings. The van der Waals surface area contributed by atoms with Crippen molar-refractivity contribution in [3.8, 4) is 10.6 Å². The van der Waals surface area contributed by atoms with Crippen LogP contribution >= 0.6 is 22.9 Å². The van der Waals surface area contributed by atoms with Gasteiger partial charge in [-0.05, 0) is 48.0 Å². The van der Waals surface area contributed by atoms with E-state index < -0.39 is 17.9 Å². The highest BCUT2D eigenvalue weighted by Crippen LogP contribution is 2.26. The molecular formula is C24H18ClFN4O2S. The van der Waals surface area contributed by atoms with E-state index in [0.29, 0.717) is 21.2 Å². The minimum atomic E-state index is -0.864. The Balaban J connectivity index is 1.51. The van der Waals surface area contributed by atoms with Crippen molar-refractivity contribution in [3.05, 3.63) is 101 Å². The molecule has 0 aliphatic carbocycles. The summed E-state index contributed by atoms with van der Waals surface area (Å²) >= 11 is 7.15. The summed E-state index contributed by atoms with van der Waals surface area (Å²) < 4.78 is 13.2. The van der Waals surface area contributed by atoms with E-state index in [1.807, 2.05) is 30.3 Å². The summed E-state index contributed by atoms with van der Waals surface area (Å²) in [4.78, 5) is 25.8. The first kappa shape index (κ1) is 22.6. The van der Waals surface area contributed by atoms with Crippen molar-refractivity contribution in [2.75, 3.05) is 5.32 Å². The molecule has 0 fully saturated rings. The maximum absolute atomic E-state index is 13.2. The number of benzene rings is 3. The van der Waals surface area contributed by atoms with E-state index in [2.05, 4.69) is 20.8 Å². The zero-order chi connectivity index (χ0) is 23.2. The Bertz CT molecular complexity index is 1260. The number of amides is 2. The highest BCUT2D eigenvalue weighted by Gasteiger charge is 2.23. The molecular weight excluding hydrogens is 463 g/mol. The third kappa shape index (κ3) is 6.00. The molecule has 0 spiro atoms. The maximum atomic E-state index is 13.2. The highest BCUT2D eigenvalue weighted by atomic mass is 35.5. The molecule has 0 aliphatic heterocycles. The smallest absolute Gasteiger partial charge is 0.251 e. The van der Waals surface area contributed by atoms with Gasteiger partial charge in [-0.2, -0.15) is 0 Å². The van der Waals surface area contributed by atoms with E-state index >= 15 is 0 Å². The quantitative estimate of drug-likeness (QED) is 0.391. The molecule has 166 valence electrons. The van der Waals surface area contributed by atoms with Crippen LogP contribution in [0.5, 0.6) is 0 Å². The van der Waals surface area contributed by atoms with E-state index in [9.17, 15) is 14.0 Å². The van der Waals surface area contributed by atoms with Gasteiger partial charge >= 0.3 is 0 Å². The second-order valence-corrected chi connectivity index (χ2v) is 8.55. The molecule has 0 radical (unpaired) electrons. The molecule has 0 saturated heterocycles. The van der Waals surface area contributed by atoms with Crippen LogP contribution in [0.3, 0.4) is 0 Å². The molecule has 33 heavy (non-hydrogen) atoms. The zero-order valence-corrected chi connectivity index (χ0v) is 18.7. The monoisotopic (exact) mass is 480 g/mol. The Labute approximate surface area is 198 Å². The van der Waals surface area contributed by atoms with Crippen LogP contribution in [0.25, 0.3) is 10.6 Å². The number of nitrogens with one attached hydrogen (secondary N) is 2. The van der Waals surface area contributed by atoms with Gasteiger partial charge in [0.2, 0.25) is 11.0 Å². The van der Waals surface area contributed by atoms with Crippen LogP contribution in [0.1, 0.15) is 15.9 Å². The molecule has 1 aromatic heterocycles. The number of hydrogen-bond donors (Lipinski definition) is 2. The third-order valence-corrected chi connectivity index (χ3v) is 5.86. The number of hydrogen-bond acceptors (Lipinski definition) is 5. The van der Waals surface area contributed by atoms with Gasteiger partial charge in [-0.15, -0.1) is 10.2 Å². The fourth-order valence-electron chi connectivity index (χ4n) is 3.11. The minimum Gasteiger partial charge on any atom is -0.340 e. The molecule has 4 aromatic rings. The van der Waals surface area contributed by atoms with Gasteiger partial charge in [0, 0.05) is 22.6 Å². The van der Waals surface area contributed by atoms with Crippen molar-refractivity contribution in [2.45, 2.75) is 12.5 Å². The van der Waals surface area contributed by atoms with Crippen LogP contribution in [0.4, 0.5) is 9.52 Å². The Hall–Kier alpha value is -3.62. The van der Waals surface area contributed by atoms with Gasteiger partial charge in [0.25, 0.3) is 5.91 Å². The summed E-state index contributed by atoms with van der Waals surface area (Å²) in [6, 6.07) is 20.8. The third-order valence-electron chi connectivity index (χ3n) is 4.74. The summed E-state index contributed by atoms with van der Waals surface area (Å²) in [6.45, 7) is 0. The Morgan fingerprint density at radius 3 is 2.45 bits per heavy atom. The van der Waals surface area contributed by atoms with Crippen molar-refractivity contribution in [1.29, 1.82) is 0 Å². The SMILES string of the molecule is O=C(N[C@H](Cc1ccccc1)C(=O)Nc1nnc(-c2ccc(F)cc2)s1)c1cccc(Cl)c1. The molecule has 2 amide bonds. The second kappa shape index (κ2) is 10.3. The lowest BCUT2D eigenvalue weighted by Crippen LogP contribution is -2.45. The standard InChI is InChI=1S/C24H18ClFN4O2S/c25-18-8-4-7-17(14-18)21(31)27-20(13-15-5-2-1-3-6-15)22(32)28-24-30-29-23(33-24)16-9-11-19(26)12-10-16/h1-12,14,20H,13H2,(H,27,31)(H,28,30,32)/t20-/m1/s1. The topological polar surface area (TPSA) is 84.0 Å². The van der Waals surface area contributed by atoms with E-state index in [-0.39, 0.29) is 17.4 Å². The summed E-state index contributed by atoms with van der Waals surface area (Å²) in [5, 5.41) is 14.8. The number of nitrogens with zero attached hydrogens (tertiary/aromatic N) is 2. The number of aromatic nitrogens is 2. The van der Waals surface area contributed by atoms with Gasteiger partial charge in [-0.3, -0.25) is 14.9 Å². The Morgan fingerprint density at radius 1 is 0.970 bits per heavy atom. The summed E-state index contributed by atoms with van der Waals surface area (Å²) in [5.74, 6) is -1.20. The van der Waals surface area contributed by atoms with Gasteiger partial charge in [-0.25, -0.2) is 4.39 Å². The van der Waals surface area contributed by atoms with E-state index in [1.165, 1.54) is 18.2 Å². The number of anilines is 1. The first-order valence-electron chi connectivity index (χ1n) is 9.98. The largest absolute Gasteiger partial charge is 0.340 e. The average Bonchev–Trinajstić information content (AvgIpc) is 3.28. The van der Waals surface area contributed by atoms with Crippen LogP contribution in [0.15, 0.2) is 78.9 Å². The number of carbonyl (C=O) groups is 2. The zero-order valence-electron chi connectivity index (χ0n) is 17.2. The van der Waals surface area contributed by atoms with Crippen molar-refractivity contribution in [2.24, 2.45) is 0 Å². The molecule has 2 N–H and O–H groups in total. The molecule has 3 aromatic carbocycles. The van der Waals surface area contributed by atoms with Crippen molar-refractivity contribution in [1.82, 2.24) is 15.5 Å². The van der Waals surface area contributed by atoms with Gasteiger partial charge < -0.3 is 5.32 Å². The van der Waals surface area contributed by atoms with E-state index in [4.69, 9.17) is 11.6 Å². The Morgan fingerprint density at radius 2 is 1.73 bits per heavy atom. The van der Waals surface area contributed by atoms with Gasteiger partial charge in [0.15, 0.2) is 0 Å². The number of rotatable bonds is 7. The van der Waals surface area contributed by atoms with Crippen molar-refractivity contribution in [3.63, 3.8) is 0 Å². The fourth-order valence-corrected chi connectivity index (χ4v) is 4.05. The number of halogens is 2. The van der Waals surface area contributed by atoms with Crippen LogP contribution in [0.2, 0.25) is 5.02 Å². The maximum Gasteiger partial charge on any atom is 0.251 e. The molecule has 4 rings (SSSR count). The van der Waals surface area contributed by atoms with Crippen LogP contribution in [-0.2, 0) is 11.2 Å². The highest BCUT2D eigenvalue weighted by molar-refractivity contribution is 7.18. The second-order valence-electron chi connectivity index (χ2n) is 7.13. The fraction of sp³-hybridized carbons (Fsp3) is 0.0833. The van der Waals surface area contributed by atoms with Crippen molar-refractivity contribution >= 4 is 39.9 Å². The molecule has 6 nitrogen and oxygen atoms in total. The van der Waals surface area contributed by atoms with Crippen LogP contribution in [0, 0.1) is 5.82 Å². The molecule has 1 atom stereocenters. The van der Waals surface area contributed by atoms with Crippen LogP contribution < -0.4 is 10.6 Å². The summed E-state index contributed by atoms with van der Waals surface area (Å²) in [7, 11) is 0. The van der Waals surface area contributed by atoms with E-state index in [1.54, 1.807) is 30.3 Å². The van der Waals surface area contributed by atoms with Gasteiger partial charge in [0.05, 0.1) is 0 Å². The first-order valence-corrected chi connectivity index (χ1v) is 11.2. The molecule has 9 heteroatoms. The Kier molecular flexibility index (Phi) is 7.07. The van der Waals surface area contributed by atoms with Crippen molar-refractivity contribution < 1.29 is 14.0 Å². The molecule has 0 saturated carbocycles. The normalized spacial score (nSPS) is 11.6. The lowest BCUT2D eigenvalue weighted by Gasteiger charge is -2.18. The first-order chi connectivity index (χ1) is 16.0. The predicted octanol–water partition coefficient (Wildman–Crippen LogP) is 4.98. The lowest BCUT2D eigenvalue weighted by molar-refractivity contribution is -0.118. The molecule has 1 heterocycles. The number of carbonyl (C=O) groups excluding carboxylic acids is 2. The molecule has 0 bridgehead atoms. The summed E-state index contributed by atoms with van der Waals surface area (Å²) in [5.41, 5.74) is 1.92. The molecule has 0 unspecified atom stereocenters. The van der Waals surface area contributed by atoms with Gasteiger partial charge in [-0.1, -0.05) is 59.3 Å². The predicted molar refractivity (Wildman–Crippen MR) is 127 cm³/mol. The average molecular weight is 481 g/mol.